The Morgan fingerprint density at radius 2 is 1.63 bits per heavy atom. The van der Waals surface area contributed by atoms with Crippen molar-refractivity contribution in [2.75, 3.05) is 13.1 Å². The second-order valence-electron chi connectivity index (χ2n) is 6.36. The Labute approximate surface area is 117 Å². The minimum Gasteiger partial charge on any atom is -0.321 e. The molecule has 0 radical (unpaired) electrons. The summed E-state index contributed by atoms with van der Waals surface area (Å²) in [5.74, 6) is 0. The van der Waals surface area contributed by atoms with Crippen molar-refractivity contribution in [1.29, 1.82) is 0 Å². The SMILES string of the molecule is NC1(c2ccccc2CN2CCCCC2)CCCC1. The number of rotatable bonds is 3. The van der Waals surface area contributed by atoms with E-state index in [-0.39, 0.29) is 5.54 Å². The Morgan fingerprint density at radius 1 is 0.947 bits per heavy atom. The van der Waals surface area contributed by atoms with Gasteiger partial charge in [-0.05, 0) is 49.9 Å². The van der Waals surface area contributed by atoms with Crippen molar-refractivity contribution in [2.24, 2.45) is 5.73 Å². The van der Waals surface area contributed by atoms with E-state index in [2.05, 4.69) is 29.2 Å². The van der Waals surface area contributed by atoms with Crippen LogP contribution >= 0.6 is 0 Å². The van der Waals surface area contributed by atoms with E-state index in [0.717, 1.165) is 19.4 Å². The molecule has 0 amide bonds. The Morgan fingerprint density at radius 3 is 2.37 bits per heavy atom. The standard InChI is InChI=1S/C17H26N2/c18-17(10-4-5-11-17)16-9-3-2-8-15(16)14-19-12-6-1-7-13-19/h2-3,8-9H,1,4-7,10-14,18H2. The number of hydrogen-bond donors (Lipinski definition) is 1. The van der Waals surface area contributed by atoms with Gasteiger partial charge >= 0.3 is 0 Å². The first kappa shape index (κ1) is 13.1. The molecule has 0 aromatic heterocycles. The van der Waals surface area contributed by atoms with Gasteiger partial charge in [0, 0.05) is 12.1 Å². The van der Waals surface area contributed by atoms with Crippen molar-refractivity contribution < 1.29 is 0 Å². The van der Waals surface area contributed by atoms with Crippen molar-refractivity contribution in [1.82, 2.24) is 4.90 Å². The average Bonchev–Trinajstić information content (AvgIpc) is 2.88. The van der Waals surface area contributed by atoms with E-state index >= 15 is 0 Å². The zero-order chi connectivity index (χ0) is 13.1. The molecule has 3 rings (SSSR count). The summed E-state index contributed by atoms with van der Waals surface area (Å²) in [5, 5.41) is 0. The second-order valence-corrected chi connectivity index (χ2v) is 6.36. The van der Waals surface area contributed by atoms with Crippen LogP contribution in [0.2, 0.25) is 0 Å². The second kappa shape index (κ2) is 5.64. The molecule has 1 heterocycles. The monoisotopic (exact) mass is 258 g/mol. The number of hydrogen-bond acceptors (Lipinski definition) is 2. The molecule has 2 heteroatoms. The molecule has 0 unspecified atom stereocenters. The fraction of sp³-hybridized carbons (Fsp3) is 0.647. The lowest BCUT2D eigenvalue weighted by Gasteiger charge is -2.31. The van der Waals surface area contributed by atoms with Crippen molar-refractivity contribution in [3.05, 3.63) is 35.4 Å². The molecule has 1 aromatic carbocycles. The molecule has 1 aliphatic carbocycles. The number of piperidine rings is 1. The van der Waals surface area contributed by atoms with Crippen LogP contribution in [-0.4, -0.2) is 18.0 Å². The van der Waals surface area contributed by atoms with Gasteiger partial charge in [-0.15, -0.1) is 0 Å². The fourth-order valence-electron chi connectivity index (χ4n) is 3.78. The number of benzene rings is 1. The van der Waals surface area contributed by atoms with Crippen molar-refractivity contribution >= 4 is 0 Å². The van der Waals surface area contributed by atoms with E-state index < -0.39 is 0 Å². The topological polar surface area (TPSA) is 29.3 Å². The van der Waals surface area contributed by atoms with Gasteiger partial charge < -0.3 is 5.73 Å². The highest BCUT2D eigenvalue weighted by Crippen LogP contribution is 2.38. The summed E-state index contributed by atoms with van der Waals surface area (Å²) in [7, 11) is 0. The van der Waals surface area contributed by atoms with E-state index in [9.17, 15) is 0 Å². The van der Waals surface area contributed by atoms with E-state index in [1.165, 1.54) is 56.3 Å². The molecular formula is C17H26N2. The molecule has 19 heavy (non-hydrogen) atoms. The first-order valence-electron chi connectivity index (χ1n) is 7.88. The Hall–Kier alpha value is -0.860. The number of nitrogens with zero attached hydrogens (tertiary/aromatic N) is 1. The van der Waals surface area contributed by atoms with E-state index in [1.807, 2.05) is 0 Å². The van der Waals surface area contributed by atoms with Gasteiger partial charge in [0.05, 0.1) is 0 Å². The molecule has 1 saturated carbocycles. The van der Waals surface area contributed by atoms with Gasteiger partial charge in [0.1, 0.15) is 0 Å². The Bertz CT molecular complexity index is 415. The van der Waals surface area contributed by atoms with E-state index in [0.29, 0.717) is 0 Å². The van der Waals surface area contributed by atoms with Crippen molar-refractivity contribution in [3.8, 4) is 0 Å². The molecule has 1 aliphatic heterocycles. The third-order valence-corrected chi connectivity index (χ3v) is 4.89. The molecule has 2 fully saturated rings. The third kappa shape index (κ3) is 2.85. The van der Waals surface area contributed by atoms with Gasteiger partial charge in [0.25, 0.3) is 0 Å². The predicted molar refractivity (Wildman–Crippen MR) is 79.9 cm³/mol. The van der Waals surface area contributed by atoms with Crippen LogP contribution in [0.3, 0.4) is 0 Å². The molecule has 2 aliphatic rings. The Kier molecular flexibility index (Phi) is 3.90. The molecule has 2 nitrogen and oxygen atoms in total. The summed E-state index contributed by atoms with van der Waals surface area (Å²) in [6.07, 6.45) is 9.00. The lowest BCUT2D eigenvalue weighted by Crippen LogP contribution is -2.36. The molecule has 2 N–H and O–H groups in total. The summed E-state index contributed by atoms with van der Waals surface area (Å²) in [4.78, 5) is 2.60. The minimum atomic E-state index is -0.0492. The van der Waals surface area contributed by atoms with Crippen LogP contribution in [-0.2, 0) is 12.1 Å². The maximum Gasteiger partial charge on any atom is 0.0412 e. The first-order chi connectivity index (χ1) is 9.28. The molecule has 104 valence electrons. The highest BCUT2D eigenvalue weighted by Gasteiger charge is 2.33. The zero-order valence-corrected chi connectivity index (χ0v) is 11.9. The van der Waals surface area contributed by atoms with Crippen LogP contribution < -0.4 is 5.73 Å². The average molecular weight is 258 g/mol. The first-order valence-corrected chi connectivity index (χ1v) is 7.88. The molecule has 0 atom stereocenters. The smallest absolute Gasteiger partial charge is 0.0412 e. The molecule has 0 bridgehead atoms. The molecular weight excluding hydrogens is 232 g/mol. The predicted octanol–water partition coefficient (Wildman–Crippen LogP) is 3.40. The fourth-order valence-corrected chi connectivity index (χ4v) is 3.78. The lowest BCUT2D eigenvalue weighted by atomic mass is 9.85. The zero-order valence-electron chi connectivity index (χ0n) is 11.9. The summed E-state index contributed by atoms with van der Waals surface area (Å²) in [5.41, 5.74) is 9.50. The maximum absolute atomic E-state index is 6.67. The summed E-state index contributed by atoms with van der Waals surface area (Å²) in [6, 6.07) is 8.88. The normalized spacial score (nSPS) is 23.6. The van der Waals surface area contributed by atoms with Gasteiger partial charge in [0.2, 0.25) is 0 Å². The quantitative estimate of drug-likeness (QED) is 0.900. The molecule has 1 aromatic rings. The summed E-state index contributed by atoms with van der Waals surface area (Å²) < 4.78 is 0. The number of nitrogens with two attached hydrogens (primary N) is 1. The Balaban J connectivity index is 1.80. The van der Waals surface area contributed by atoms with Crippen molar-refractivity contribution in [3.63, 3.8) is 0 Å². The lowest BCUT2D eigenvalue weighted by molar-refractivity contribution is 0.219. The highest BCUT2D eigenvalue weighted by molar-refractivity contribution is 5.34. The number of likely N-dealkylation sites (tertiary alicyclic amines) is 1. The minimum absolute atomic E-state index is 0.0492. The largest absolute Gasteiger partial charge is 0.321 e. The van der Waals surface area contributed by atoms with Crippen LogP contribution in [0, 0.1) is 0 Å². The van der Waals surface area contributed by atoms with Crippen LogP contribution in [0.5, 0.6) is 0 Å². The van der Waals surface area contributed by atoms with Gasteiger partial charge in [-0.3, -0.25) is 4.90 Å². The highest BCUT2D eigenvalue weighted by atomic mass is 15.1. The van der Waals surface area contributed by atoms with Crippen LogP contribution in [0.25, 0.3) is 0 Å². The summed E-state index contributed by atoms with van der Waals surface area (Å²) in [6.45, 7) is 3.60. The maximum atomic E-state index is 6.67. The summed E-state index contributed by atoms with van der Waals surface area (Å²) >= 11 is 0. The van der Waals surface area contributed by atoms with Crippen LogP contribution in [0.1, 0.15) is 56.1 Å². The van der Waals surface area contributed by atoms with E-state index in [4.69, 9.17) is 5.73 Å². The van der Waals surface area contributed by atoms with Gasteiger partial charge in [-0.1, -0.05) is 43.5 Å². The van der Waals surface area contributed by atoms with Crippen LogP contribution in [0.4, 0.5) is 0 Å². The van der Waals surface area contributed by atoms with E-state index in [1.54, 1.807) is 0 Å². The molecule has 0 spiro atoms. The van der Waals surface area contributed by atoms with Gasteiger partial charge in [-0.25, -0.2) is 0 Å². The third-order valence-electron chi connectivity index (χ3n) is 4.89. The van der Waals surface area contributed by atoms with Gasteiger partial charge in [-0.2, -0.15) is 0 Å². The molecule has 1 saturated heterocycles. The van der Waals surface area contributed by atoms with Crippen molar-refractivity contribution in [2.45, 2.75) is 57.0 Å². The van der Waals surface area contributed by atoms with Gasteiger partial charge in [0.15, 0.2) is 0 Å². The van der Waals surface area contributed by atoms with Crippen LogP contribution in [0.15, 0.2) is 24.3 Å².